The lowest BCUT2D eigenvalue weighted by Gasteiger charge is -2.01. The Balaban J connectivity index is 2.83. The molecule has 2 rings (SSSR count). The van der Waals surface area contributed by atoms with E-state index in [1.54, 1.807) is 12.3 Å². The standard InChI is InChI=1S/C10H8Cl2N2O2/c1-5-4-14(10(15)16-2)9-8(5)6(11)3-7(12)13-9/h3-4H,1-2H3. The zero-order valence-electron chi connectivity index (χ0n) is 8.62. The highest BCUT2D eigenvalue weighted by Gasteiger charge is 2.16. The number of aromatic nitrogens is 2. The van der Waals surface area contributed by atoms with E-state index in [9.17, 15) is 4.79 Å². The molecule has 2 aromatic rings. The molecular formula is C10H8Cl2N2O2. The van der Waals surface area contributed by atoms with Gasteiger partial charge in [-0.1, -0.05) is 23.2 Å². The number of carbonyl (C=O) groups excluding carboxylic acids is 1. The van der Waals surface area contributed by atoms with Crippen molar-refractivity contribution < 1.29 is 9.53 Å². The molecule has 0 bridgehead atoms. The van der Waals surface area contributed by atoms with E-state index in [1.165, 1.54) is 11.7 Å². The van der Waals surface area contributed by atoms with Gasteiger partial charge in [-0.3, -0.25) is 0 Å². The fourth-order valence-electron chi connectivity index (χ4n) is 1.57. The molecule has 84 valence electrons. The Hall–Kier alpha value is -1.26. The molecule has 16 heavy (non-hydrogen) atoms. The summed E-state index contributed by atoms with van der Waals surface area (Å²) >= 11 is 11.8. The number of methoxy groups -OCH3 is 1. The Labute approximate surface area is 102 Å². The SMILES string of the molecule is COC(=O)n1cc(C)c2c(Cl)cc(Cl)nc21. The van der Waals surface area contributed by atoms with Crippen LogP contribution in [0.4, 0.5) is 4.79 Å². The van der Waals surface area contributed by atoms with Crippen molar-refractivity contribution in [1.29, 1.82) is 0 Å². The first-order valence-corrected chi connectivity index (χ1v) is 5.22. The maximum Gasteiger partial charge on any atom is 0.419 e. The third-order valence-corrected chi connectivity index (χ3v) is 2.73. The first kappa shape index (κ1) is 11.2. The topological polar surface area (TPSA) is 44.1 Å². The van der Waals surface area contributed by atoms with Crippen molar-refractivity contribution in [2.45, 2.75) is 6.92 Å². The van der Waals surface area contributed by atoms with Gasteiger partial charge in [-0.05, 0) is 18.6 Å². The molecule has 6 heteroatoms. The second-order valence-electron chi connectivity index (χ2n) is 3.28. The second-order valence-corrected chi connectivity index (χ2v) is 4.07. The molecule has 0 fully saturated rings. The molecule has 0 saturated heterocycles. The molecule has 0 radical (unpaired) electrons. The van der Waals surface area contributed by atoms with Crippen LogP contribution in [0.5, 0.6) is 0 Å². The van der Waals surface area contributed by atoms with E-state index >= 15 is 0 Å². The summed E-state index contributed by atoms with van der Waals surface area (Å²) in [5.74, 6) is 0. The van der Waals surface area contributed by atoms with E-state index in [-0.39, 0.29) is 5.15 Å². The molecular weight excluding hydrogens is 251 g/mol. The van der Waals surface area contributed by atoms with Crippen molar-refractivity contribution in [1.82, 2.24) is 9.55 Å². The Morgan fingerprint density at radius 3 is 2.81 bits per heavy atom. The first-order valence-electron chi connectivity index (χ1n) is 4.46. The third kappa shape index (κ3) is 1.64. The van der Waals surface area contributed by atoms with Crippen LogP contribution in [-0.2, 0) is 4.74 Å². The number of hydrogen-bond acceptors (Lipinski definition) is 3. The number of ether oxygens (including phenoxy) is 1. The van der Waals surface area contributed by atoms with Crippen LogP contribution < -0.4 is 0 Å². The van der Waals surface area contributed by atoms with Gasteiger partial charge in [0.1, 0.15) is 5.15 Å². The number of rotatable bonds is 0. The molecule has 0 aliphatic heterocycles. The van der Waals surface area contributed by atoms with Crippen molar-refractivity contribution in [3.8, 4) is 0 Å². The van der Waals surface area contributed by atoms with Gasteiger partial charge < -0.3 is 4.74 Å². The summed E-state index contributed by atoms with van der Waals surface area (Å²) in [6, 6.07) is 1.54. The van der Waals surface area contributed by atoms with Gasteiger partial charge in [0, 0.05) is 11.6 Å². The molecule has 0 amide bonds. The Bertz CT molecular complexity index is 578. The predicted molar refractivity (Wildman–Crippen MR) is 62.3 cm³/mol. The highest BCUT2D eigenvalue weighted by atomic mass is 35.5. The molecule has 0 spiro atoms. The van der Waals surface area contributed by atoms with E-state index in [4.69, 9.17) is 23.2 Å². The molecule has 2 heterocycles. The highest BCUT2D eigenvalue weighted by molar-refractivity contribution is 6.38. The van der Waals surface area contributed by atoms with Crippen LogP contribution in [0.1, 0.15) is 5.56 Å². The van der Waals surface area contributed by atoms with Crippen LogP contribution in [0.15, 0.2) is 12.3 Å². The number of halogens is 2. The lowest BCUT2D eigenvalue weighted by molar-refractivity contribution is 0.174. The van der Waals surface area contributed by atoms with E-state index < -0.39 is 6.09 Å². The van der Waals surface area contributed by atoms with Crippen LogP contribution in [0.2, 0.25) is 10.2 Å². The summed E-state index contributed by atoms with van der Waals surface area (Å²) < 4.78 is 5.92. The van der Waals surface area contributed by atoms with Crippen LogP contribution >= 0.6 is 23.2 Å². The minimum atomic E-state index is -0.524. The summed E-state index contributed by atoms with van der Waals surface area (Å²) in [4.78, 5) is 15.5. The quantitative estimate of drug-likeness (QED) is 0.682. The van der Waals surface area contributed by atoms with Gasteiger partial charge in [-0.2, -0.15) is 0 Å². The van der Waals surface area contributed by atoms with E-state index in [1.807, 2.05) is 6.92 Å². The smallest absolute Gasteiger partial charge is 0.419 e. The molecule has 0 aromatic carbocycles. The fourth-order valence-corrected chi connectivity index (χ4v) is 2.15. The molecule has 0 unspecified atom stereocenters. The lowest BCUT2D eigenvalue weighted by atomic mass is 10.2. The van der Waals surface area contributed by atoms with Gasteiger partial charge in [0.15, 0.2) is 5.65 Å². The van der Waals surface area contributed by atoms with Gasteiger partial charge in [-0.25, -0.2) is 14.3 Å². The van der Waals surface area contributed by atoms with Crippen molar-refractivity contribution in [2.75, 3.05) is 7.11 Å². The molecule has 0 N–H and O–H groups in total. The van der Waals surface area contributed by atoms with Crippen LogP contribution in [-0.4, -0.2) is 22.8 Å². The number of fused-ring (bicyclic) bond motifs is 1. The van der Waals surface area contributed by atoms with Crippen LogP contribution in [0, 0.1) is 6.92 Å². The summed E-state index contributed by atoms with van der Waals surface area (Å²) in [5.41, 5.74) is 1.25. The third-order valence-electron chi connectivity index (χ3n) is 2.24. The summed E-state index contributed by atoms with van der Waals surface area (Å²) in [7, 11) is 1.30. The molecule has 4 nitrogen and oxygen atoms in total. The number of carbonyl (C=O) groups is 1. The Morgan fingerprint density at radius 1 is 1.50 bits per heavy atom. The highest BCUT2D eigenvalue weighted by Crippen LogP contribution is 2.29. The second kappa shape index (κ2) is 3.96. The van der Waals surface area contributed by atoms with E-state index in [0.717, 1.165) is 5.56 Å². The zero-order valence-corrected chi connectivity index (χ0v) is 10.1. The van der Waals surface area contributed by atoms with Gasteiger partial charge in [-0.15, -0.1) is 0 Å². The average molecular weight is 259 g/mol. The number of nitrogens with zero attached hydrogens (tertiary/aromatic N) is 2. The summed E-state index contributed by atoms with van der Waals surface area (Å²) in [5, 5.41) is 1.41. The monoisotopic (exact) mass is 258 g/mol. The van der Waals surface area contributed by atoms with Crippen molar-refractivity contribution in [3.05, 3.63) is 28.0 Å². The van der Waals surface area contributed by atoms with Crippen LogP contribution in [0.3, 0.4) is 0 Å². The van der Waals surface area contributed by atoms with Crippen LogP contribution in [0.25, 0.3) is 11.0 Å². The van der Waals surface area contributed by atoms with Gasteiger partial charge in [0.05, 0.1) is 12.1 Å². The molecule has 2 aromatic heterocycles. The zero-order chi connectivity index (χ0) is 11.9. The summed E-state index contributed by atoms with van der Waals surface area (Å²) in [6.45, 7) is 1.84. The minimum Gasteiger partial charge on any atom is -0.452 e. The molecule has 0 atom stereocenters. The van der Waals surface area contributed by atoms with E-state index in [0.29, 0.717) is 16.1 Å². The number of pyridine rings is 1. The summed E-state index contributed by atoms with van der Waals surface area (Å²) in [6.07, 6.45) is 1.09. The Morgan fingerprint density at radius 2 is 2.19 bits per heavy atom. The lowest BCUT2D eigenvalue weighted by Crippen LogP contribution is -2.10. The molecule has 0 aliphatic carbocycles. The average Bonchev–Trinajstić information content (AvgIpc) is 2.54. The maximum absolute atomic E-state index is 11.5. The normalized spacial score (nSPS) is 10.8. The van der Waals surface area contributed by atoms with Crippen molar-refractivity contribution >= 4 is 40.3 Å². The number of hydrogen-bond donors (Lipinski definition) is 0. The number of aryl methyl sites for hydroxylation is 1. The first-order chi connectivity index (χ1) is 7.54. The predicted octanol–water partition coefficient (Wildman–Crippen LogP) is 3.27. The fraction of sp³-hybridized carbons (Fsp3) is 0.200. The van der Waals surface area contributed by atoms with Gasteiger partial charge in [0.2, 0.25) is 0 Å². The minimum absolute atomic E-state index is 0.237. The van der Waals surface area contributed by atoms with Crippen molar-refractivity contribution in [2.24, 2.45) is 0 Å². The maximum atomic E-state index is 11.5. The molecule has 0 aliphatic rings. The Kier molecular flexibility index (Phi) is 2.78. The van der Waals surface area contributed by atoms with Gasteiger partial charge in [0.25, 0.3) is 0 Å². The largest absolute Gasteiger partial charge is 0.452 e. The molecule has 0 saturated carbocycles. The van der Waals surface area contributed by atoms with Gasteiger partial charge >= 0.3 is 6.09 Å². The van der Waals surface area contributed by atoms with Crippen molar-refractivity contribution in [3.63, 3.8) is 0 Å². The van der Waals surface area contributed by atoms with E-state index in [2.05, 4.69) is 9.72 Å².